The van der Waals surface area contributed by atoms with Crippen molar-refractivity contribution in [2.75, 3.05) is 30.9 Å². The van der Waals surface area contributed by atoms with Gasteiger partial charge in [0.1, 0.15) is 15.6 Å². The number of hydrogen-bond donors (Lipinski definition) is 0. The maximum atomic E-state index is 12.5. The lowest BCUT2D eigenvalue weighted by Gasteiger charge is -2.35. The molecule has 0 N–H and O–H groups in total. The van der Waals surface area contributed by atoms with Crippen LogP contribution in [-0.4, -0.2) is 64.7 Å². The molecule has 1 saturated heterocycles. The van der Waals surface area contributed by atoms with Crippen molar-refractivity contribution < 1.29 is 21.6 Å². The minimum absolute atomic E-state index is 0.0927. The van der Waals surface area contributed by atoms with Crippen molar-refractivity contribution in [3.05, 3.63) is 58.6 Å². The number of halogens is 1. The van der Waals surface area contributed by atoms with Crippen LogP contribution in [0.3, 0.4) is 0 Å². The molecule has 9 heteroatoms. The Hall–Kier alpha value is -1.61. The molecule has 1 aliphatic heterocycles. The Balaban J connectivity index is 1.29. The second kappa shape index (κ2) is 10.8. The van der Waals surface area contributed by atoms with E-state index in [1.165, 1.54) is 11.1 Å². The first-order chi connectivity index (χ1) is 16.5. The summed E-state index contributed by atoms with van der Waals surface area (Å²) in [5.41, 5.74) is 2.78. The van der Waals surface area contributed by atoms with Crippen LogP contribution in [0.4, 0.5) is 0 Å². The molecule has 35 heavy (non-hydrogen) atoms. The zero-order valence-electron chi connectivity index (χ0n) is 20.3. The summed E-state index contributed by atoms with van der Waals surface area (Å²) in [4.78, 5) is 2.81. The van der Waals surface area contributed by atoms with Gasteiger partial charge >= 0.3 is 0 Å². The first kappa shape index (κ1) is 26.5. The van der Waals surface area contributed by atoms with Crippen LogP contribution in [0, 0.1) is 5.92 Å². The van der Waals surface area contributed by atoms with Crippen LogP contribution in [-0.2, 0) is 32.5 Å². The molecule has 2 aliphatic rings. The molecule has 1 heterocycles. The molecular formula is C26H34ClNO5S2. The third-order valence-electron chi connectivity index (χ3n) is 7.15. The van der Waals surface area contributed by atoms with Gasteiger partial charge in [-0.2, -0.15) is 0 Å². The Morgan fingerprint density at radius 1 is 1.03 bits per heavy atom. The van der Waals surface area contributed by atoms with Crippen molar-refractivity contribution in [1.82, 2.24) is 4.90 Å². The van der Waals surface area contributed by atoms with Gasteiger partial charge in [0.2, 0.25) is 0 Å². The summed E-state index contributed by atoms with van der Waals surface area (Å²) in [6, 6.07) is 13.7. The monoisotopic (exact) mass is 539 g/mol. The Kier molecular flexibility index (Phi) is 8.15. The van der Waals surface area contributed by atoms with Crippen molar-refractivity contribution in [3.8, 4) is 5.75 Å². The molecule has 4 rings (SSSR count). The van der Waals surface area contributed by atoms with E-state index in [-0.39, 0.29) is 22.8 Å². The number of fused-ring (bicyclic) bond motifs is 1. The van der Waals surface area contributed by atoms with Gasteiger partial charge in [-0.15, -0.1) is 0 Å². The molecule has 0 unspecified atom stereocenters. The number of hydrogen-bond acceptors (Lipinski definition) is 6. The molecule has 0 bridgehead atoms. The molecule has 1 fully saturated rings. The lowest BCUT2D eigenvalue weighted by molar-refractivity contribution is 0.164. The van der Waals surface area contributed by atoms with Gasteiger partial charge in [0.15, 0.2) is 9.84 Å². The maximum absolute atomic E-state index is 12.5. The number of aryl methyl sites for hydroxylation is 1. The average Bonchev–Trinajstić information content (AvgIpc) is 3.17. The normalized spacial score (nSPS) is 23.2. The van der Waals surface area contributed by atoms with Gasteiger partial charge in [0, 0.05) is 35.8 Å². The molecule has 1 aliphatic carbocycles. The number of rotatable bonds is 9. The lowest BCUT2D eigenvalue weighted by Crippen LogP contribution is -2.41. The summed E-state index contributed by atoms with van der Waals surface area (Å²) in [6.45, 7) is 3.88. The van der Waals surface area contributed by atoms with Crippen LogP contribution in [0.2, 0.25) is 5.02 Å². The largest absolute Gasteiger partial charge is 0.493 e. The van der Waals surface area contributed by atoms with Crippen LogP contribution in [0.5, 0.6) is 5.75 Å². The molecule has 0 spiro atoms. The molecule has 2 aromatic rings. The summed E-state index contributed by atoms with van der Waals surface area (Å²) in [6.07, 6.45) is 5.56. The number of sulfone groups is 2. The second-order valence-electron chi connectivity index (χ2n) is 10.0. The Bertz CT molecular complexity index is 1250. The van der Waals surface area contributed by atoms with Gasteiger partial charge < -0.3 is 4.74 Å². The van der Waals surface area contributed by atoms with Crippen molar-refractivity contribution in [3.63, 3.8) is 0 Å². The lowest BCUT2D eigenvalue weighted by atomic mass is 9.87. The molecule has 0 amide bonds. The third kappa shape index (κ3) is 7.00. The first-order valence-electron chi connectivity index (χ1n) is 12.2. The smallest absolute Gasteiger partial charge is 0.178 e. The highest BCUT2D eigenvalue weighted by atomic mass is 35.5. The summed E-state index contributed by atoms with van der Waals surface area (Å²) < 4.78 is 53.5. The van der Waals surface area contributed by atoms with Crippen LogP contribution >= 0.6 is 11.6 Å². The number of ether oxygens (including phenoxy) is 1. The van der Waals surface area contributed by atoms with E-state index in [2.05, 4.69) is 24.0 Å². The minimum Gasteiger partial charge on any atom is -0.493 e. The molecule has 0 radical (unpaired) electrons. The first-order valence-corrected chi connectivity index (χ1v) is 16.3. The van der Waals surface area contributed by atoms with Gasteiger partial charge in [0.25, 0.3) is 0 Å². The molecule has 2 aromatic carbocycles. The minimum atomic E-state index is -3.52. The fraction of sp³-hybridized carbons (Fsp3) is 0.538. The quantitative estimate of drug-likeness (QED) is 0.475. The van der Waals surface area contributed by atoms with Crippen molar-refractivity contribution in [2.24, 2.45) is 5.92 Å². The van der Waals surface area contributed by atoms with E-state index < -0.39 is 19.7 Å². The highest BCUT2D eigenvalue weighted by molar-refractivity contribution is 7.92. The molecule has 192 valence electrons. The van der Waals surface area contributed by atoms with E-state index in [1.807, 2.05) is 6.07 Å². The zero-order chi connectivity index (χ0) is 25.2. The van der Waals surface area contributed by atoms with Crippen molar-refractivity contribution >= 4 is 31.3 Å². The number of nitrogens with zero attached hydrogens (tertiary/aromatic N) is 1. The number of benzene rings is 2. The maximum Gasteiger partial charge on any atom is 0.178 e. The van der Waals surface area contributed by atoms with Gasteiger partial charge in [-0.05, 0) is 86.6 Å². The van der Waals surface area contributed by atoms with Crippen LogP contribution in [0.25, 0.3) is 0 Å². The Morgan fingerprint density at radius 3 is 2.49 bits per heavy atom. The topological polar surface area (TPSA) is 80.8 Å². The van der Waals surface area contributed by atoms with Crippen molar-refractivity contribution in [1.29, 1.82) is 0 Å². The summed E-state index contributed by atoms with van der Waals surface area (Å²) in [7, 11) is -6.69. The van der Waals surface area contributed by atoms with E-state index in [0.29, 0.717) is 30.4 Å². The van der Waals surface area contributed by atoms with Crippen LogP contribution < -0.4 is 4.74 Å². The molecule has 6 nitrogen and oxygen atoms in total. The van der Waals surface area contributed by atoms with E-state index in [9.17, 15) is 16.8 Å². The second-order valence-corrected chi connectivity index (χ2v) is 14.8. The summed E-state index contributed by atoms with van der Waals surface area (Å²) in [5.74, 6) is 0.747. The van der Waals surface area contributed by atoms with Crippen LogP contribution in [0.15, 0.2) is 47.4 Å². The Labute approximate surface area is 214 Å². The van der Waals surface area contributed by atoms with E-state index in [0.717, 1.165) is 43.5 Å². The predicted octanol–water partition coefficient (Wildman–Crippen LogP) is 4.20. The summed E-state index contributed by atoms with van der Waals surface area (Å²) >= 11 is 6.22. The standard InChI is InChI=1S/C26H34ClNO5S2/c1-19-14-20(17-28(19)24-7-5-21-4-6-23(27)15-22(21)16-24)18-33-25-8-10-26(11-9-25)35(31,32)13-3-12-34(2,29)30/h4,6,8-11,15,19-20,24H,3,5,7,12-14,16-18H2,1-2H3/t19-,20+,24-/m1/s1. The molecule has 0 aromatic heterocycles. The molecular weight excluding hydrogens is 506 g/mol. The molecule has 3 atom stereocenters. The average molecular weight is 540 g/mol. The highest BCUT2D eigenvalue weighted by Gasteiger charge is 2.35. The SMILES string of the molecule is C[C@@H]1C[C@H](COc2ccc(S(=O)(=O)CCCS(C)(=O)=O)cc2)CN1[C@@H]1CCc2ccc(Cl)cc2C1. The third-order valence-corrected chi connectivity index (χ3v) is 10.2. The Morgan fingerprint density at radius 2 is 1.77 bits per heavy atom. The van der Waals surface area contributed by atoms with E-state index in [1.54, 1.807) is 24.3 Å². The molecule has 0 saturated carbocycles. The fourth-order valence-corrected chi connectivity index (χ4v) is 7.73. The van der Waals surface area contributed by atoms with Gasteiger partial charge in [-0.25, -0.2) is 16.8 Å². The summed E-state index contributed by atoms with van der Waals surface area (Å²) in [5, 5.41) is 0.804. The number of likely N-dealkylation sites (tertiary alicyclic amines) is 1. The predicted molar refractivity (Wildman–Crippen MR) is 140 cm³/mol. The van der Waals surface area contributed by atoms with Gasteiger partial charge in [0.05, 0.1) is 23.0 Å². The van der Waals surface area contributed by atoms with Gasteiger partial charge in [-0.3, -0.25) is 4.90 Å². The fourth-order valence-electron chi connectivity index (χ4n) is 5.38. The van der Waals surface area contributed by atoms with E-state index >= 15 is 0 Å². The van der Waals surface area contributed by atoms with Crippen LogP contribution in [0.1, 0.15) is 37.3 Å². The van der Waals surface area contributed by atoms with Gasteiger partial charge in [-0.1, -0.05) is 17.7 Å². The highest BCUT2D eigenvalue weighted by Crippen LogP contribution is 2.33. The van der Waals surface area contributed by atoms with Crippen molar-refractivity contribution in [2.45, 2.75) is 56.0 Å². The van der Waals surface area contributed by atoms with E-state index in [4.69, 9.17) is 16.3 Å². The zero-order valence-corrected chi connectivity index (χ0v) is 22.7.